The van der Waals surface area contributed by atoms with Crippen molar-refractivity contribution in [3.63, 3.8) is 0 Å². The van der Waals surface area contributed by atoms with Crippen molar-refractivity contribution in [3.8, 4) is 34.8 Å². The van der Waals surface area contributed by atoms with Gasteiger partial charge in [-0.05, 0) is 17.7 Å². The minimum Gasteiger partial charge on any atom is -0.504 e. The third kappa shape index (κ3) is 2.94. The first kappa shape index (κ1) is 17.3. The Kier molecular flexibility index (Phi) is 4.78. The molecular weight excluding hydrogens is 334 g/mol. The van der Waals surface area contributed by atoms with Gasteiger partial charge in [0.05, 0.1) is 20.3 Å². The number of hydrogen-bond acceptors (Lipinski definition) is 8. The smallest absolute Gasteiger partial charge is 0.160 e. The van der Waals surface area contributed by atoms with E-state index >= 15 is 0 Å². The summed E-state index contributed by atoms with van der Waals surface area (Å²) in [4.78, 5) is 6.21. The molecule has 0 atom stereocenters. The van der Waals surface area contributed by atoms with Crippen molar-refractivity contribution in [2.75, 3.05) is 44.0 Å². The van der Waals surface area contributed by atoms with Crippen LogP contribution in [0.4, 0.5) is 11.6 Å². The minimum atomic E-state index is -0.0962. The number of methoxy groups -OCH3 is 1. The first-order valence-corrected chi connectivity index (χ1v) is 7.94. The van der Waals surface area contributed by atoms with E-state index in [0.29, 0.717) is 49.0 Å². The van der Waals surface area contributed by atoms with Crippen LogP contribution in [0.25, 0.3) is 11.1 Å². The van der Waals surface area contributed by atoms with Crippen LogP contribution in [0, 0.1) is 22.7 Å². The van der Waals surface area contributed by atoms with Gasteiger partial charge >= 0.3 is 0 Å². The molecule has 8 nitrogen and oxygen atoms in total. The number of nitriles is 2. The molecule has 0 spiro atoms. The summed E-state index contributed by atoms with van der Waals surface area (Å²) in [5.41, 5.74) is 7.18. The summed E-state index contributed by atoms with van der Waals surface area (Å²) in [5, 5.41) is 29.4. The normalized spacial score (nSPS) is 13.7. The second-order valence-electron chi connectivity index (χ2n) is 5.66. The molecule has 2 heterocycles. The number of hydrogen-bond donors (Lipinski definition) is 2. The number of morpholine rings is 1. The molecule has 0 aliphatic carbocycles. The number of pyridine rings is 1. The van der Waals surface area contributed by atoms with E-state index in [2.05, 4.69) is 11.1 Å². The van der Waals surface area contributed by atoms with Crippen LogP contribution >= 0.6 is 0 Å². The first-order valence-electron chi connectivity index (χ1n) is 7.94. The summed E-state index contributed by atoms with van der Waals surface area (Å²) in [6.07, 6.45) is 0. The number of ether oxygens (including phenoxy) is 2. The lowest BCUT2D eigenvalue weighted by Gasteiger charge is -2.29. The van der Waals surface area contributed by atoms with E-state index in [1.54, 1.807) is 12.1 Å². The number of nitrogens with zero attached hydrogens (tertiary/aromatic N) is 4. The zero-order valence-corrected chi connectivity index (χ0v) is 14.2. The van der Waals surface area contributed by atoms with Crippen molar-refractivity contribution in [3.05, 3.63) is 29.3 Å². The Morgan fingerprint density at radius 2 is 1.92 bits per heavy atom. The number of nitrogen functional groups attached to an aromatic ring is 1. The highest BCUT2D eigenvalue weighted by molar-refractivity contribution is 5.86. The van der Waals surface area contributed by atoms with Crippen LogP contribution < -0.4 is 15.4 Å². The fourth-order valence-corrected chi connectivity index (χ4v) is 2.95. The molecule has 1 aliphatic rings. The lowest BCUT2D eigenvalue weighted by Crippen LogP contribution is -2.37. The fourth-order valence-electron chi connectivity index (χ4n) is 2.95. The Bertz CT molecular complexity index is 924. The molecule has 1 aliphatic heterocycles. The molecule has 3 N–H and O–H groups in total. The fraction of sp³-hybridized carbons (Fsp3) is 0.278. The van der Waals surface area contributed by atoms with Crippen LogP contribution in [0.15, 0.2) is 18.2 Å². The average molecular weight is 351 g/mol. The Labute approximate surface area is 150 Å². The molecule has 1 fully saturated rings. The van der Waals surface area contributed by atoms with Gasteiger partial charge in [-0.1, -0.05) is 6.07 Å². The number of rotatable bonds is 3. The van der Waals surface area contributed by atoms with Gasteiger partial charge in [0.25, 0.3) is 0 Å². The van der Waals surface area contributed by atoms with Crippen LogP contribution in [0.2, 0.25) is 0 Å². The van der Waals surface area contributed by atoms with Crippen LogP contribution in [-0.4, -0.2) is 43.5 Å². The van der Waals surface area contributed by atoms with Crippen LogP contribution in [0.3, 0.4) is 0 Å². The zero-order chi connectivity index (χ0) is 18.7. The van der Waals surface area contributed by atoms with Gasteiger partial charge in [-0.2, -0.15) is 10.5 Å². The van der Waals surface area contributed by atoms with Crippen molar-refractivity contribution in [2.24, 2.45) is 0 Å². The van der Waals surface area contributed by atoms with Gasteiger partial charge in [-0.15, -0.1) is 0 Å². The van der Waals surface area contributed by atoms with E-state index in [-0.39, 0.29) is 22.7 Å². The van der Waals surface area contributed by atoms with Gasteiger partial charge in [0.1, 0.15) is 34.9 Å². The number of anilines is 2. The number of nitrogens with two attached hydrogens (primary N) is 1. The van der Waals surface area contributed by atoms with Crippen molar-refractivity contribution in [2.45, 2.75) is 0 Å². The standard InChI is InChI=1S/C18H17N5O3/c1-25-15-3-2-11(8-14(15)24)16-12(9-19)17(21)22-18(13(16)10-20)23-4-6-26-7-5-23/h2-3,8,24H,4-7H2,1H3,(H2,21,22). The van der Waals surface area contributed by atoms with Crippen molar-refractivity contribution in [1.82, 2.24) is 4.98 Å². The maximum absolute atomic E-state index is 10.1. The molecule has 0 bridgehead atoms. The molecule has 132 valence electrons. The molecular formula is C18H17N5O3. The molecule has 26 heavy (non-hydrogen) atoms. The zero-order valence-electron chi connectivity index (χ0n) is 14.2. The average Bonchev–Trinajstić information content (AvgIpc) is 2.67. The lowest BCUT2D eigenvalue weighted by molar-refractivity contribution is 0.122. The topological polar surface area (TPSA) is 128 Å². The first-order chi connectivity index (χ1) is 12.6. The molecule has 0 amide bonds. The summed E-state index contributed by atoms with van der Waals surface area (Å²) < 4.78 is 10.4. The quantitative estimate of drug-likeness (QED) is 0.853. The van der Waals surface area contributed by atoms with Crippen molar-refractivity contribution in [1.29, 1.82) is 10.5 Å². The van der Waals surface area contributed by atoms with Gasteiger partial charge in [0, 0.05) is 18.7 Å². The molecule has 0 radical (unpaired) electrons. The Morgan fingerprint density at radius 3 is 2.50 bits per heavy atom. The molecule has 3 rings (SSSR count). The number of phenols is 1. The highest BCUT2D eigenvalue weighted by atomic mass is 16.5. The van der Waals surface area contributed by atoms with E-state index in [4.69, 9.17) is 15.2 Å². The van der Waals surface area contributed by atoms with Gasteiger partial charge in [0.15, 0.2) is 11.5 Å². The van der Waals surface area contributed by atoms with Gasteiger partial charge in [0.2, 0.25) is 0 Å². The number of benzene rings is 1. The van der Waals surface area contributed by atoms with Gasteiger partial charge in [-0.25, -0.2) is 4.98 Å². The second kappa shape index (κ2) is 7.18. The second-order valence-corrected chi connectivity index (χ2v) is 5.66. The van der Waals surface area contributed by atoms with E-state index in [1.807, 2.05) is 11.0 Å². The monoisotopic (exact) mass is 351 g/mol. The Hall–Kier alpha value is -3.49. The molecule has 1 aromatic carbocycles. The van der Waals surface area contributed by atoms with E-state index in [0.717, 1.165) is 0 Å². The molecule has 0 unspecified atom stereocenters. The largest absolute Gasteiger partial charge is 0.504 e. The van der Waals surface area contributed by atoms with Crippen LogP contribution in [0.1, 0.15) is 11.1 Å². The van der Waals surface area contributed by atoms with Crippen molar-refractivity contribution >= 4 is 11.6 Å². The SMILES string of the molecule is COc1ccc(-c2c(C#N)c(N)nc(N3CCOCC3)c2C#N)cc1O. The molecule has 1 aromatic heterocycles. The molecule has 8 heteroatoms. The highest BCUT2D eigenvalue weighted by Gasteiger charge is 2.25. The molecule has 0 saturated carbocycles. The number of aromatic hydroxyl groups is 1. The Morgan fingerprint density at radius 1 is 1.23 bits per heavy atom. The van der Waals surface area contributed by atoms with Gasteiger partial charge < -0.3 is 25.2 Å². The van der Waals surface area contributed by atoms with E-state index < -0.39 is 0 Å². The predicted octanol–water partition coefficient (Wildman–Crippen LogP) is 1.62. The van der Waals surface area contributed by atoms with Crippen LogP contribution in [0.5, 0.6) is 11.5 Å². The highest BCUT2D eigenvalue weighted by Crippen LogP contribution is 2.38. The predicted molar refractivity (Wildman–Crippen MR) is 94.8 cm³/mol. The lowest BCUT2D eigenvalue weighted by atomic mass is 9.95. The van der Waals surface area contributed by atoms with E-state index in [1.165, 1.54) is 13.2 Å². The number of phenolic OH excluding ortho intramolecular Hbond substituents is 1. The summed E-state index contributed by atoms with van der Waals surface area (Å²) in [5.74, 6) is 0.651. The minimum absolute atomic E-state index is 0.0401. The summed E-state index contributed by atoms with van der Waals surface area (Å²) in [7, 11) is 1.44. The van der Waals surface area contributed by atoms with E-state index in [9.17, 15) is 15.6 Å². The maximum Gasteiger partial charge on any atom is 0.160 e. The molecule has 2 aromatic rings. The molecule has 1 saturated heterocycles. The van der Waals surface area contributed by atoms with Gasteiger partial charge in [-0.3, -0.25) is 0 Å². The van der Waals surface area contributed by atoms with Crippen molar-refractivity contribution < 1.29 is 14.6 Å². The maximum atomic E-state index is 10.1. The number of aromatic nitrogens is 1. The summed E-state index contributed by atoms with van der Waals surface area (Å²) in [6.45, 7) is 2.18. The van der Waals surface area contributed by atoms with Crippen LogP contribution in [-0.2, 0) is 4.74 Å². The Balaban J connectivity index is 2.25. The summed E-state index contributed by atoms with van der Waals surface area (Å²) in [6, 6.07) is 8.84. The third-order valence-corrected chi connectivity index (χ3v) is 4.21. The summed E-state index contributed by atoms with van der Waals surface area (Å²) >= 11 is 0. The third-order valence-electron chi connectivity index (χ3n) is 4.21.